The lowest BCUT2D eigenvalue weighted by Gasteiger charge is -2.04. The van der Waals surface area contributed by atoms with Crippen molar-refractivity contribution in [1.29, 1.82) is 5.26 Å². The zero-order chi connectivity index (χ0) is 14.6. The number of aryl methyl sites for hydroxylation is 1. The van der Waals surface area contributed by atoms with Crippen molar-refractivity contribution in [2.75, 3.05) is 5.75 Å². The smallest absolute Gasteiger partial charge is 0.435 e. The molecular formula is C10H10F3N3O2S. The molecule has 0 saturated heterocycles. The lowest BCUT2D eigenvalue weighted by molar-refractivity contribution is -0.142. The van der Waals surface area contributed by atoms with Crippen LogP contribution in [0.5, 0.6) is 0 Å². The van der Waals surface area contributed by atoms with Gasteiger partial charge in [-0.05, 0) is 6.92 Å². The number of carboxylic acids is 1. The van der Waals surface area contributed by atoms with E-state index in [1.807, 2.05) is 6.07 Å². The summed E-state index contributed by atoms with van der Waals surface area (Å²) in [4.78, 5) is 10.5. The van der Waals surface area contributed by atoms with Crippen LogP contribution in [0.25, 0.3) is 0 Å². The van der Waals surface area contributed by atoms with Crippen molar-refractivity contribution in [1.82, 2.24) is 9.78 Å². The molecule has 1 N–H and O–H groups in total. The molecule has 1 aromatic rings. The summed E-state index contributed by atoms with van der Waals surface area (Å²) in [5.74, 6) is -1.50. The van der Waals surface area contributed by atoms with Crippen LogP contribution in [0.15, 0.2) is 5.03 Å². The zero-order valence-electron chi connectivity index (χ0n) is 9.86. The van der Waals surface area contributed by atoms with E-state index < -0.39 is 17.8 Å². The first kappa shape index (κ1) is 15.4. The Morgan fingerprint density at radius 1 is 1.58 bits per heavy atom. The van der Waals surface area contributed by atoms with Crippen LogP contribution in [-0.4, -0.2) is 26.6 Å². The highest BCUT2D eigenvalue weighted by atomic mass is 32.2. The molecule has 0 radical (unpaired) electrons. The minimum atomic E-state index is -4.60. The summed E-state index contributed by atoms with van der Waals surface area (Å²) >= 11 is 0.761. The maximum absolute atomic E-state index is 12.7. The molecule has 0 unspecified atom stereocenters. The number of carboxylic acid groups (broad SMARTS) is 1. The average Bonchev–Trinajstić information content (AvgIpc) is 2.60. The molecule has 1 aromatic heterocycles. The minimum Gasteiger partial charge on any atom is -0.481 e. The van der Waals surface area contributed by atoms with Crippen LogP contribution in [-0.2, 0) is 17.5 Å². The number of nitriles is 1. The number of alkyl halides is 3. The molecule has 104 valence electrons. The van der Waals surface area contributed by atoms with Gasteiger partial charge in [-0.2, -0.15) is 23.5 Å². The summed E-state index contributed by atoms with van der Waals surface area (Å²) in [6, 6.07) is 1.81. The average molecular weight is 293 g/mol. The summed E-state index contributed by atoms with van der Waals surface area (Å²) in [6.07, 6.45) is -4.60. The molecule has 1 rings (SSSR count). The second kappa shape index (κ2) is 5.97. The molecule has 1 heterocycles. The number of thioether (sulfide) groups is 1. The molecule has 0 amide bonds. The van der Waals surface area contributed by atoms with Crippen LogP contribution >= 0.6 is 11.8 Å². The standard InChI is InChI=1S/C10H10F3N3O2S/c1-6-8(10(11,12)13)15-16(4-2-3-14)9(6)19-5-7(17)18/h2,4-5H2,1H3,(H,17,18). The Hall–Kier alpha value is -1.69. The molecule has 19 heavy (non-hydrogen) atoms. The van der Waals surface area contributed by atoms with E-state index in [1.54, 1.807) is 0 Å². The van der Waals surface area contributed by atoms with Gasteiger partial charge in [0.15, 0.2) is 5.69 Å². The number of halogens is 3. The van der Waals surface area contributed by atoms with Crippen LogP contribution < -0.4 is 0 Å². The Labute approximate surface area is 111 Å². The van der Waals surface area contributed by atoms with Crippen molar-refractivity contribution < 1.29 is 23.1 Å². The van der Waals surface area contributed by atoms with Crippen molar-refractivity contribution in [3.8, 4) is 6.07 Å². The van der Waals surface area contributed by atoms with E-state index in [0.29, 0.717) is 0 Å². The first-order valence-corrected chi connectivity index (χ1v) is 6.12. The third kappa shape index (κ3) is 3.89. The van der Waals surface area contributed by atoms with Crippen LogP contribution in [0, 0.1) is 18.3 Å². The highest BCUT2D eigenvalue weighted by Crippen LogP contribution is 2.35. The van der Waals surface area contributed by atoms with Crippen molar-refractivity contribution >= 4 is 17.7 Å². The fourth-order valence-electron chi connectivity index (χ4n) is 1.43. The number of hydrogen-bond donors (Lipinski definition) is 1. The maximum atomic E-state index is 12.7. The Kier molecular flexibility index (Phi) is 4.83. The van der Waals surface area contributed by atoms with Crippen LogP contribution in [0.3, 0.4) is 0 Å². The van der Waals surface area contributed by atoms with E-state index >= 15 is 0 Å². The second-order valence-electron chi connectivity index (χ2n) is 3.59. The monoisotopic (exact) mass is 293 g/mol. The molecular weight excluding hydrogens is 283 g/mol. The minimum absolute atomic E-state index is 0.000944. The lowest BCUT2D eigenvalue weighted by Crippen LogP contribution is -2.09. The normalized spacial score (nSPS) is 11.3. The summed E-state index contributed by atoms with van der Waals surface area (Å²) in [5.41, 5.74) is -1.16. The van der Waals surface area contributed by atoms with Crippen molar-refractivity contribution in [2.24, 2.45) is 0 Å². The predicted molar refractivity (Wildman–Crippen MR) is 60.6 cm³/mol. The molecule has 0 bridgehead atoms. The largest absolute Gasteiger partial charge is 0.481 e. The number of hydrogen-bond acceptors (Lipinski definition) is 4. The summed E-state index contributed by atoms with van der Waals surface area (Å²) < 4.78 is 39.1. The maximum Gasteiger partial charge on any atom is 0.435 e. The quantitative estimate of drug-likeness (QED) is 0.843. The highest BCUT2D eigenvalue weighted by molar-refractivity contribution is 7.99. The first-order valence-electron chi connectivity index (χ1n) is 5.13. The third-order valence-corrected chi connectivity index (χ3v) is 3.35. The Bertz CT molecular complexity index is 519. The number of rotatable bonds is 5. The Balaban J connectivity index is 3.13. The highest BCUT2D eigenvalue weighted by Gasteiger charge is 2.37. The van der Waals surface area contributed by atoms with E-state index in [9.17, 15) is 18.0 Å². The molecule has 0 atom stereocenters. The Morgan fingerprint density at radius 3 is 2.68 bits per heavy atom. The van der Waals surface area contributed by atoms with Crippen molar-refractivity contribution in [3.05, 3.63) is 11.3 Å². The van der Waals surface area contributed by atoms with Gasteiger partial charge in [0.05, 0.1) is 29.8 Å². The van der Waals surface area contributed by atoms with Gasteiger partial charge in [-0.25, -0.2) is 0 Å². The summed E-state index contributed by atoms with van der Waals surface area (Å²) in [6.45, 7) is 1.23. The molecule has 0 aliphatic rings. The van der Waals surface area contributed by atoms with Crippen LogP contribution in [0.4, 0.5) is 13.2 Å². The first-order chi connectivity index (χ1) is 8.77. The van der Waals surface area contributed by atoms with Crippen molar-refractivity contribution in [3.63, 3.8) is 0 Å². The molecule has 0 aromatic carbocycles. The molecule has 0 aliphatic heterocycles. The molecule has 0 spiro atoms. The van der Waals surface area contributed by atoms with Crippen LogP contribution in [0.1, 0.15) is 17.7 Å². The molecule has 0 aliphatic carbocycles. The van der Waals surface area contributed by atoms with Gasteiger partial charge in [0.1, 0.15) is 0 Å². The van der Waals surface area contributed by atoms with E-state index in [0.717, 1.165) is 16.4 Å². The van der Waals surface area contributed by atoms with Gasteiger partial charge >= 0.3 is 12.1 Å². The topological polar surface area (TPSA) is 78.9 Å². The van der Waals surface area contributed by atoms with Gasteiger partial charge in [0.2, 0.25) is 0 Å². The van der Waals surface area contributed by atoms with Gasteiger partial charge in [-0.3, -0.25) is 9.48 Å². The van der Waals surface area contributed by atoms with E-state index in [4.69, 9.17) is 10.4 Å². The molecule has 0 saturated carbocycles. The van der Waals surface area contributed by atoms with Gasteiger partial charge < -0.3 is 5.11 Å². The fraction of sp³-hybridized carbons (Fsp3) is 0.500. The molecule has 5 nitrogen and oxygen atoms in total. The van der Waals surface area contributed by atoms with Crippen molar-refractivity contribution in [2.45, 2.75) is 31.1 Å². The molecule has 9 heteroatoms. The SMILES string of the molecule is Cc1c(C(F)(F)F)nn(CCC#N)c1SCC(=O)O. The fourth-order valence-corrected chi connectivity index (χ4v) is 2.28. The zero-order valence-corrected chi connectivity index (χ0v) is 10.7. The number of aromatic nitrogens is 2. The Morgan fingerprint density at radius 2 is 2.21 bits per heavy atom. The number of aliphatic carboxylic acids is 1. The van der Waals surface area contributed by atoms with Gasteiger partial charge in [-0.15, -0.1) is 0 Å². The summed E-state index contributed by atoms with van der Waals surface area (Å²) in [5, 5.41) is 20.6. The van der Waals surface area contributed by atoms with E-state index in [1.165, 1.54) is 6.92 Å². The third-order valence-electron chi connectivity index (χ3n) is 2.17. The van der Waals surface area contributed by atoms with Gasteiger partial charge in [-0.1, -0.05) is 11.8 Å². The van der Waals surface area contributed by atoms with Crippen LogP contribution in [0.2, 0.25) is 0 Å². The lowest BCUT2D eigenvalue weighted by atomic mass is 10.3. The van der Waals surface area contributed by atoms with E-state index in [-0.39, 0.29) is 29.3 Å². The van der Waals surface area contributed by atoms with Gasteiger partial charge in [0.25, 0.3) is 0 Å². The second-order valence-corrected chi connectivity index (χ2v) is 4.55. The molecule has 0 fully saturated rings. The number of nitrogens with zero attached hydrogens (tertiary/aromatic N) is 3. The van der Waals surface area contributed by atoms with Gasteiger partial charge in [0, 0.05) is 5.56 Å². The summed E-state index contributed by atoms with van der Waals surface area (Å²) in [7, 11) is 0. The van der Waals surface area contributed by atoms with E-state index in [2.05, 4.69) is 5.10 Å². The predicted octanol–water partition coefficient (Wildman–Crippen LogP) is 2.30. The number of carbonyl (C=O) groups is 1.